The lowest BCUT2D eigenvalue weighted by Crippen LogP contribution is -2.29. The van der Waals surface area contributed by atoms with Crippen molar-refractivity contribution in [2.45, 2.75) is 12.1 Å². The third-order valence-corrected chi connectivity index (χ3v) is 5.80. The maximum absolute atomic E-state index is 13.6. The van der Waals surface area contributed by atoms with Crippen LogP contribution in [-0.2, 0) is 0 Å². The van der Waals surface area contributed by atoms with E-state index in [4.69, 9.17) is 16.6 Å². The molecule has 3 heterocycles. The minimum absolute atomic E-state index is 0.00794. The van der Waals surface area contributed by atoms with Crippen LogP contribution < -0.4 is 10.2 Å². The number of nitro groups is 1. The number of pyridine rings is 1. The number of nitro benzene ring substituents is 1. The smallest absolute Gasteiger partial charge is 0.269 e. The summed E-state index contributed by atoms with van der Waals surface area (Å²) in [5.74, 6) is 0.848. The van der Waals surface area contributed by atoms with E-state index >= 15 is 0 Å². The minimum Gasteiger partial charge on any atom is -0.459 e. The summed E-state index contributed by atoms with van der Waals surface area (Å²) < 4.78 is 19.8. The first-order valence-corrected chi connectivity index (χ1v) is 10.5. The van der Waals surface area contributed by atoms with Crippen LogP contribution in [0.25, 0.3) is 11.3 Å². The van der Waals surface area contributed by atoms with Gasteiger partial charge in [0.05, 0.1) is 16.7 Å². The van der Waals surface area contributed by atoms with Gasteiger partial charge in [-0.3, -0.25) is 15.1 Å². The Bertz CT molecular complexity index is 1310. The van der Waals surface area contributed by atoms with Gasteiger partial charge in [-0.1, -0.05) is 6.07 Å². The molecule has 1 fully saturated rings. The van der Waals surface area contributed by atoms with Crippen LogP contribution in [0.2, 0.25) is 0 Å². The predicted octanol–water partition coefficient (Wildman–Crippen LogP) is 5.57. The van der Waals surface area contributed by atoms with Crippen molar-refractivity contribution in [1.29, 1.82) is 0 Å². The molecule has 0 bridgehead atoms. The Kier molecular flexibility index (Phi) is 5.31. The molecule has 1 aliphatic rings. The molecule has 1 aliphatic heterocycles. The number of aromatic nitrogens is 1. The number of furan rings is 1. The van der Waals surface area contributed by atoms with E-state index in [1.54, 1.807) is 30.5 Å². The van der Waals surface area contributed by atoms with Gasteiger partial charge in [0.25, 0.3) is 5.69 Å². The number of benzene rings is 2. The van der Waals surface area contributed by atoms with Gasteiger partial charge >= 0.3 is 0 Å². The van der Waals surface area contributed by atoms with E-state index in [0.717, 1.165) is 5.69 Å². The number of halogens is 1. The molecule has 0 spiro atoms. The molecule has 0 saturated carbocycles. The lowest BCUT2D eigenvalue weighted by atomic mass is 10.0. The molecule has 2 atom stereocenters. The van der Waals surface area contributed by atoms with E-state index in [2.05, 4.69) is 10.3 Å². The SMILES string of the molecule is O=[N+]([O-])c1ccc(-c2ccc([C@H]3[C@H](c4ccccn4)NC(=S)N3c3ccc(F)cc3)o2)cc1. The van der Waals surface area contributed by atoms with Crippen LogP contribution in [0, 0.1) is 15.9 Å². The molecule has 7 nitrogen and oxygen atoms in total. The summed E-state index contributed by atoms with van der Waals surface area (Å²) in [7, 11) is 0. The van der Waals surface area contributed by atoms with Gasteiger partial charge in [-0.25, -0.2) is 4.39 Å². The van der Waals surface area contributed by atoms with Gasteiger partial charge in [-0.15, -0.1) is 0 Å². The zero-order valence-corrected chi connectivity index (χ0v) is 17.9. The first-order chi connectivity index (χ1) is 16.0. The summed E-state index contributed by atoms with van der Waals surface area (Å²) >= 11 is 5.64. The summed E-state index contributed by atoms with van der Waals surface area (Å²) in [5, 5.41) is 14.7. The number of nitrogens with zero attached hydrogens (tertiary/aromatic N) is 3. The second-order valence-electron chi connectivity index (χ2n) is 7.48. The van der Waals surface area contributed by atoms with Crippen molar-refractivity contribution in [2.24, 2.45) is 0 Å². The Morgan fingerprint density at radius 2 is 1.79 bits per heavy atom. The number of non-ortho nitro benzene ring substituents is 1. The average molecular weight is 460 g/mol. The monoisotopic (exact) mass is 460 g/mol. The molecule has 0 unspecified atom stereocenters. The summed E-state index contributed by atoms with van der Waals surface area (Å²) in [6.07, 6.45) is 1.71. The van der Waals surface area contributed by atoms with Crippen LogP contribution in [0.1, 0.15) is 23.5 Å². The minimum atomic E-state index is -0.444. The van der Waals surface area contributed by atoms with E-state index in [1.807, 2.05) is 35.2 Å². The first kappa shape index (κ1) is 20.8. The lowest BCUT2D eigenvalue weighted by molar-refractivity contribution is -0.384. The quantitative estimate of drug-likeness (QED) is 0.237. The lowest BCUT2D eigenvalue weighted by Gasteiger charge is -2.26. The summed E-state index contributed by atoms with van der Waals surface area (Å²) in [6, 6.07) is 20.9. The Morgan fingerprint density at radius 3 is 2.45 bits per heavy atom. The standard InChI is InChI=1S/C24H17FN4O3S/c25-16-6-10-17(11-7-16)28-23(22(27-24(28)33)19-3-1-2-14-26-19)21-13-12-20(32-21)15-4-8-18(9-5-15)29(30)31/h1-14,22-23H,(H,27,33)/t22-,23-/m0/s1. The Balaban J connectivity index is 1.56. The molecule has 0 amide bonds. The number of rotatable bonds is 5. The number of thiocarbonyl (C=S) groups is 1. The largest absolute Gasteiger partial charge is 0.459 e. The Morgan fingerprint density at radius 1 is 1.03 bits per heavy atom. The zero-order chi connectivity index (χ0) is 22.9. The van der Waals surface area contributed by atoms with Gasteiger partial charge in [0.2, 0.25) is 0 Å². The molecule has 1 saturated heterocycles. The normalized spacial score (nSPS) is 17.7. The van der Waals surface area contributed by atoms with Crippen molar-refractivity contribution in [1.82, 2.24) is 10.3 Å². The van der Waals surface area contributed by atoms with Crippen LogP contribution in [0.3, 0.4) is 0 Å². The van der Waals surface area contributed by atoms with Gasteiger partial charge in [-0.05, 0) is 72.9 Å². The molecule has 0 aliphatic carbocycles. The molecule has 4 aromatic rings. The highest BCUT2D eigenvalue weighted by atomic mass is 32.1. The topological polar surface area (TPSA) is 84.4 Å². The fraction of sp³-hybridized carbons (Fsp3) is 0.0833. The van der Waals surface area contributed by atoms with Crippen molar-refractivity contribution in [3.63, 3.8) is 0 Å². The van der Waals surface area contributed by atoms with Crippen molar-refractivity contribution >= 4 is 28.7 Å². The number of hydrogen-bond acceptors (Lipinski definition) is 5. The van der Waals surface area contributed by atoms with Crippen molar-refractivity contribution in [3.8, 4) is 11.3 Å². The second kappa shape index (κ2) is 8.44. The molecule has 2 aromatic heterocycles. The van der Waals surface area contributed by atoms with Gasteiger partial charge < -0.3 is 14.6 Å². The molecule has 9 heteroatoms. The number of nitrogens with one attached hydrogen (secondary N) is 1. The molecule has 164 valence electrons. The Labute approximate surface area is 193 Å². The predicted molar refractivity (Wildman–Crippen MR) is 125 cm³/mol. The van der Waals surface area contributed by atoms with Crippen LogP contribution in [0.5, 0.6) is 0 Å². The number of anilines is 1. The highest BCUT2D eigenvalue weighted by molar-refractivity contribution is 7.80. The third-order valence-electron chi connectivity index (χ3n) is 5.48. The van der Waals surface area contributed by atoms with Crippen LogP contribution in [0.4, 0.5) is 15.8 Å². The first-order valence-electron chi connectivity index (χ1n) is 10.1. The molecule has 5 rings (SSSR count). The maximum Gasteiger partial charge on any atom is 0.269 e. The summed E-state index contributed by atoms with van der Waals surface area (Å²) in [4.78, 5) is 16.9. The van der Waals surface area contributed by atoms with Gasteiger partial charge in [-0.2, -0.15) is 0 Å². The fourth-order valence-corrected chi connectivity index (χ4v) is 4.28. The highest BCUT2D eigenvalue weighted by Crippen LogP contribution is 2.42. The van der Waals surface area contributed by atoms with Gasteiger partial charge in [0.1, 0.15) is 23.4 Å². The highest BCUT2D eigenvalue weighted by Gasteiger charge is 2.42. The van der Waals surface area contributed by atoms with Crippen LogP contribution in [-0.4, -0.2) is 15.0 Å². The molecule has 0 radical (unpaired) electrons. The van der Waals surface area contributed by atoms with E-state index < -0.39 is 4.92 Å². The van der Waals surface area contributed by atoms with Gasteiger partial charge in [0, 0.05) is 29.6 Å². The van der Waals surface area contributed by atoms with E-state index in [9.17, 15) is 14.5 Å². The summed E-state index contributed by atoms with van der Waals surface area (Å²) in [6.45, 7) is 0. The molecule has 2 aromatic carbocycles. The third kappa shape index (κ3) is 3.94. The molecule has 1 N–H and O–H groups in total. The summed E-state index contributed by atoms with van der Waals surface area (Å²) in [5.41, 5.74) is 2.21. The van der Waals surface area contributed by atoms with Crippen molar-refractivity contribution in [2.75, 3.05) is 4.90 Å². The maximum atomic E-state index is 13.6. The fourth-order valence-electron chi connectivity index (χ4n) is 3.94. The van der Waals surface area contributed by atoms with E-state index in [-0.39, 0.29) is 23.6 Å². The van der Waals surface area contributed by atoms with Crippen LogP contribution in [0.15, 0.2) is 89.5 Å². The van der Waals surface area contributed by atoms with Gasteiger partial charge in [0.15, 0.2) is 5.11 Å². The van der Waals surface area contributed by atoms with Crippen molar-refractivity contribution < 1.29 is 13.7 Å². The van der Waals surface area contributed by atoms with E-state index in [0.29, 0.717) is 27.9 Å². The van der Waals surface area contributed by atoms with E-state index in [1.165, 1.54) is 24.3 Å². The average Bonchev–Trinajstić information content (AvgIpc) is 3.45. The molecular formula is C24H17FN4O3S. The zero-order valence-electron chi connectivity index (χ0n) is 17.1. The number of hydrogen-bond donors (Lipinski definition) is 1. The molecular weight excluding hydrogens is 443 g/mol. The van der Waals surface area contributed by atoms with Crippen molar-refractivity contribution in [3.05, 3.63) is 112 Å². The molecule has 33 heavy (non-hydrogen) atoms. The Hall–Kier alpha value is -4.11. The second-order valence-corrected chi connectivity index (χ2v) is 7.87. The van der Waals surface area contributed by atoms with Crippen LogP contribution >= 0.6 is 12.2 Å².